The molecule has 0 unspecified atom stereocenters. The first-order valence-electron chi connectivity index (χ1n) is 5.42. The van der Waals surface area contributed by atoms with Gasteiger partial charge in [0, 0.05) is 17.4 Å². The molecule has 0 amide bonds. The summed E-state index contributed by atoms with van der Waals surface area (Å²) >= 11 is 0. The topological polar surface area (TPSA) is 57.0 Å². The Kier molecular flexibility index (Phi) is 2.60. The van der Waals surface area contributed by atoms with Crippen LogP contribution in [0.3, 0.4) is 0 Å². The summed E-state index contributed by atoms with van der Waals surface area (Å²) in [6, 6.07) is 12.2. The zero-order chi connectivity index (χ0) is 11.7. The first kappa shape index (κ1) is 10.6. The summed E-state index contributed by atoms with van der Waals surface area (Å²) in [5.74, 6) is 0.793. The molecule has 0 fully saturated rings. The van der Waals surface area contributed by atoms with Crippen molar-refractivity contribution in [3.8, 4) is 11.3 Å². The molecule has 0 saturated carbocycles. The largest absolute Gasteiger partial charge is 0.399 e. The van der Waals surface area contributed by atoms with Crippen LogP contribution in [-0.4, -0.2) is 4.57 Å². The van der Waals surface area contributed by atoms with Crippen molar-refractivity contribution in [1.82, 2.24) is 4.57 Å². The second-order valence-corrected chi connectivity index (χ2v) is 4.23. The van der Waals surface area contributed by atoms with Gasteiger partial charge in [-0.05, 0) is 43.7 Å². The van der Waals surface area contributed by atoms with Crippen LogP contribution < -0.4 is 11.5 Å². The van der Waals surface area contributed by atoms with Crippen molar-refractivity contribution < 1.29 is 0 Å². The van der Waals surface area contributed by atoms with Crippen LogP contribution in [0.15, 0.2) is 36.4 Å². The molecule has 0 aliphatic rings. The van der Waals surface area contributed by atoms with E-state index in [2.05, 4.69) is 18.4 Å². The fourth-order valence-electron chi connectivity index (χ4n) is 1.93. The fraction of sp³-hybridized carbons (Fsp3) is 0.231. The lowest BCUT2D eigenvalue weighted by Gasteiger charge is -2.15. The first-order chi connectivity index (χ1) is 7.59. The van der Waals surface area contributed by atoms with Crippen molar-refractivity contribution in [2.75, 3.05) is 11.5 Å². The van der Waals surface area contributed by atoms with Gasteiger partial charge in [0.1, 0.15) is 5.82 Å². The van der Waals surface area contributed by atoms with E-state index < -0.39 is 0 Å². The van der Waals surface area contributed by atoms with Crippen molar-refractivity contribution in [3.63, 3.8) is 0 Å². The summed E-state index contributed by atoms with van der Waals surface area (Å²) in [4.78, 5) is 0. The molecule has 1 aromatic heterocycles. The molecule has 0 radical (unpaired) electrons. The molecule has 16 heavy (non-hydrogen) atoms. The molecule has 4 N–H and O–H groups in total. The SMILES string of the molecule is CC(C)n1c(N)ccc1-c1ccc(N)cc1. The quantitative estimate of drug-likeness (QED) is 0.757. The van der Waals surface area contributed by atoms with Crippen LogP contribution in [0.25, 0.3) is 11.3 Å². The van der Waals surface area contributed by atoms with Gasteiger partial charge in [0.2, 0.25) is 0 Å². The predicted octanol–water partition coefficient (Wildman–Crippen LogP) is 2.90. The Balaban J connectivity index is 2.52. The summed E-state index contributed by atoms with van der Waals surface area (Å²) in [5.41, 5.74) is 14.7. The van der Waals surface area contributed by atoms with E-state index in [1.165, 1.54) is 0 Å². The standard InChI is InChI=1S/C13H17N3/c1-9(2)16-12(7-8-13(16)15)10-3-5-11(14)6-4-10/h3-9H,14-15H2,1-2H3. The minimum Gasteiger partial charge on any atom is -0.399 e. The normalized spacial score (nSPS) is 10.9. The smallest absolute Gasteiger partial charge is 0.103 e. The maximum Gasteiger partial charge on any atom is 0.103 e. The van der Waals surface area contributed by atoms with Gasteiger partial charge in [0.15, 0.2) is 0 Å². The Morgan fingerprint density at radius 2 is 1.56 bits per heavy atom. The number of rotatable bonds is 2. The van der Waals surface area contributed by atoms with Crippen LogP contribution in [-0.2, 0) is 0 Å². The summed E-state index contributed by atoms with van der Waals surface area (Å²) < 4.78 is 2.12. The Morgan fingerprint density at radius 1 is 0.938 bits per heavy atom. The summed E-state index contributed by atoms with van der Waals surface area (Å²) in [7, 11) is 0. The first-order valence-corrected chi connectivity index (χ1v) is 5.42. The number of hydrogen-bond acceptors (Lipinski definition) is 2. The van der Waals surface area contributed by atoms with Crippen molar-refractivity contribution >= 4 is 11.5 Å². The minimum absolute atomic E-state index is 0.350. The van der Waals surface area contributed by atoms with Crippen LogP contribution in [0.2, 0.25) is 0 Å². The number of nitrogen functional groups attached to an aromatic ring is 2. The molecule has 3 heteroatoms. The highest BCUT2D eigenvalue weighted by Crippen LogP contribution is 2.28. The van der Waals surface area contributed by atoms with E-state index in [1.807, 2.05) is 36.4 Å². The molecule has 1 heterocycles. The molecule has 0 bridgehead atoms. The molecule has 0 aliphatic heterocycles. The zero-order valence-corrected chi connectivity index (χ0v) is 9.64. The van der Waals surface area contributed by atoms with Crippen LogP contribution >= 0.6 is 0 Å². The molecule has 0 atom stereocenters. The zero-order valence-electron chi connectivity index (χ0n) is 9.64. The Labute approximate surface area is 95.7 Å². The average Bonchev–Trinajstić information content (AvgIpc) is 2.61. The molecule has 2 aromatic rings. The van der Waals surface area contributed by atoms with Crippen LogP contribution in [0.5, 0.6) is 0 Å². The number of nitrogens with zero attached hydrogens (tertiary/aromatic N) is 1. The Hall–Kier alpha value is -1.90. The Bertz CT molecular complexity index is 480. The average molecular weight is 215 g/mol. The third kappa shape index (κ3) is 1.76. The van der Waals surface area contributed by atoms with Crippen LogP contribution in [0.4, 0.5) is 11.5 Å². The number of benzene rings is 1. The number of aromatic nitrogens is 1. The monoisotopic (exact) mass is 215 g/mol. The van der Waals surface area contributed by atoms with Gasteiger partial charge in [0.25, 0.3) is 0 Å². The minimum atomic E-state index is 0.350. The van der Waals surface area contributed by atoms with E-state index in [0.29, 0.717) is 6.04 Å². The number of nitrogens with two attached hydrogens (primary N) is 2. The highest BCUT2D eigenvalue weighted by Gasteiger charge is 2.10. The molecule has 0 saturated heterocycles. The molecule has 3 nitrogen and oxygen atoms in total. The maximum atomic E-state index is 5.95. The van der Waals surface area contributed by atoms with E-state index in [-0.39, 0.29) is 0 Å². The number of anilines is 2. The molecule has 0 spiro atoms. The molecule has 2 rings (SSSR count). The van der Waals surface area contributed by atoms with Crippen LogP contribution in [0, 0.1) is 0 Å². The maximum absolute atomic E-state index is 5.95. The summed E-state index contributed by atoms with van der Waals surface area (Å²) in [5, 5.41) is 0. The molecular weight excluding hydrogens is 198 g/mol. The lowest BCUT2D eigenvalue weighted by atomic mass is 10.1. The van der Waals surface area contributed by atoms with Gasteiger partial charge in [-0.1, -0.05) is 12.1 Å². The van der Waals surface area contributed by atoms with E-state index in [4.69, 9.17) is 11.5 Å². The number of hydrogen-bond donors (Lipinski definition) is 2. The van der Waals surface area contributed by atoms with Gasteiger partial charge in [-0.2, -0.15) is 0 Å². The second-order valence-electron chi connectivity index (χ2n) is 4.23. The molecule has 0 aliphatic carbocycles. The van der Waals surface area contributed by atoms with Gasteiger partial charge < -0.3 is 16.0 Å². The highest BCUT2D eigenvalue weighted by molar-refractivity contribution is 5.65. The van der Waals surface area contributed by atoms with Gasteiger partial charge >= 0.3 is 0 Å². The molecular formula is C13H17N3. The van der Waals surface area contributed by atoms with Crippen molar-refractivity contribution in [1.29, 1.82) is 0 Å². The third-order valence-corrected chi connectivity index (χ3v) is 2.67. The van der Waals surface area contributed by atoms with E-state index in [9.17, 15) is 0 Å². The van der Waals surface area contributed by atoms with Crippen molar-refractivity contribution in [2.45, 2.75) is 19.9 Å². The summed E-state index contributed by atoms with van der Waals surface area (Å²) in [6.07, 6.45) is 0. The predicted molar refractivity (Wildman–Crippen MR) is 69.1 cm³/mol. The lowest BCUT2D eigenvalue weighted by molar-refractivity contribution is 0.618. The fourth-order valence-corrected chi connectivity index (χ4v) is 1.93. The summed E-state index contributed by atoms with van der Waals surface area (Å²) in [6.45, 7) is 4.24. The van der Waals surface area contributed by atoms with E-state index in [0.717, 1.165) is 22.8 Å². The van der Waals surface area contributed by atoms with E-state index >= 15 is 0 Å². The van der Waals surface area contributed by atoms with Crippen LogP contribution in [0.1, 0.15) is 19.9 Å². The van der Waals surface area contributed by atoms with Crippen molar-refractivity contribution in [3.05, 3.63) is 36.4 Å². The van der Waals surface area contributed by atoms with E-state index in [1.54, 1.807) is 0 Å². The Morgan fingerprint density at radius 3 is 2.12 bits per heavy atom. The highest BCUT2D eigenvalue weighted by atomic mass is 15.1. The van der Waals surface area contributed by atoms with Gasteiger partial charge in [-0.25, -0.2) is 0 Å². The molecule has 84 valence electrons. The third-order valence-electron chi connectivity index (χ3n) is 2.67. The second kappa shape index (κ2) is 3.93. The van der Waals surface area contributed by atoms with Crippen molar-refractivity contribution in [2.24, 2.45) is 0 Å². The molecule has 1 aromatic carbocycles. The van der Waals surface area contributed by atoms with Gasteiger partial charge in [-0.3, -0.25) is 0 Å². The van der Waals surface area contributed by atoms with Gasteiger partial charge in [-0.15, -0.1) is 0 Å². The van der Waals surface area contributed by atoms with Gasteiger partial charge in [0.05, 0.1) is 0 Å². The lowest BCUT2D eigenvalue weighted by Crippen LogP contribution is -2.06.